The lowest BCUT2D eigenvalue weighted by atomic mass is 10.1. The summed E-state index contributed by atoms with van der Waals surface area (Å²) in [7, 11) is 0. The summed E-state index contributed by atoms with van der Waals surface area (Å²) in [5, 5.41) is 1.04. The highest BCUT2D eigenvalue weighted by molar-refractivity contribution is 7.11. The van der Waals surface area contributed by atoms with Crippen LogP contribution in [0.3, 0.4) is 0 Å². The van der Waals surface area contributed by atoms with Gasteiger partial charge in [-0.1, -0.05) is 30.3 Å². The molecule has 0 radical (unpaired) electrons. The van der Waals surface area contributed by atoms with E-state index >= 15 is 0 Å². The minimum atomic E-state index is -0.486. The fourth-order valence-electron chi connectivity index (χ4n) is 3.28. The van der Waals surface area contributed by atoms with Gasteiger partial charge in [-0.15, -0.1) is 11.3 Å². The van der Waals surface area contributed by atoms with Gasteiger partial charge in [-0.3, -0.25) is 4.79 Å². The molecule has 1 aliphatic heterocycles. The molecule has 4 nitrogen and oxygen atoms in total. The van der Waals surface area contributed by atoms with Crippen LogP contribution in [-0.4, -0.2) is 17.0 Å². The van der Waals surface area contributed by atoms with Gasteiger partial charge in [0.2, 0.25) is 0 Å². The second-order valence-corrected chi connectivity index (χ2v) is 7.90. The van der Waals surface area contributed by atoms with Crippen LogP contribution in [-0.2, 0) is 11.3 Å². The van der Waals surface area contributed by atoms with Crippen LogP contribution in [0.25, 0.3) is 11.3 Å². The maximum Gasteiger partial charge on any atom is 0.268 e. The summed E-state index contributed by atoms with van der Waals surface area (Å²) in [5.74, 6) is 0.714. The van der Waals surface area contributed by atoms with E-state index in [0.29, 0.717) is 6.54 Å². The first-order valence-electron chi connectivity index (χ1n) is 8.63. The van der Waals surface area contributed by atoms with Crippen LogP contribution < -0.4 is 9.64 Å². The summed E-state index contributed by atoms with van der Waals surface area (Å²) in [4.78, 5) is 20.4. The maximum atomic E-state index is 12.8. The molecule has 2 aromatic carbocycles. The van der Waals surface area contributed by atoms with Crippen LogP contribution in [0.15, 0.2) is 48.5 Å². The molecule has 1 aromatic heterocycles. The molecule has 1 aliphatic rings. The molecule has 3 aromatic rings. The molecule has 132 valence electrons. The topological polar surface area (TPSA) is 42.4 Å². The van der Waals surface area contributed by atoms with Crippen molar-refractivity contribution >= 4 is 22.9 Å². The van der Waals surface area contributed by atoms with Gasteiger partial charge in [0, 0.05) is 10.4 Å². The van der Waals surface area contributed by atoms with E-state index in [1.807, 2.05) is 60.4 Å². The van der Waals surface area contributed by atoms with Crippen molar-refractivity contribution in [3.05, 3.63) is 64.0 Å². The fourth-order valence-corrected chi connectivity index (χ4v) is 4.12. The number of aryl methyl sites for hydroxylation is 2. The van der Waals surface area contributed by atoms with E-state index in [2.05, 4.69) is 11.9 Å². The molecule has 0 fully saturated rings. The Morgan fingerprint density at radius 2 is 1.92 bits per heavy atom. The van der Waals surface area contributed by atoms with Crippen molar-refractivity contribution in [2.24, 2.45) is 0 Å². The number of anilines is 1. The molecule has 0 saturated heterocycles. The SMILES string of the molecule is Cc1nc(-c2ccc3c(c2)N(Cc2ccccc2)C(=O)C(C)O3)c(C)s1. The minimum absolute atomic E-state index is 0.0234. The number of nitrogens with zero attached hydrogens (tertiary/aromatic N) is 2. The first-order chi connectivity index (χ1) is 12.5. The molecule has 4 rings (SSSR count). The summed E-state index contributed by atoms with van der Waals surface area (Å²) < 4.78 is 5.83. The van der Waals surface area contributed by atoms with Crippen LogP contribution >= 0.6 is 11.3 Å². The number of benzene rings is 2. The Morgan fingerprint density at radius 1 is 1.15 bits per heavy atom. The molecule has 26 heavy (non-hydrogen) atoms. The molecular weight excluding hydrogens is 344 g/mol. The van der Waals surface area contributed by atoms with Gasteiger partial charge in [0.25, 0.3) is 5.91 Å². The third-order valence-corrected chi connectivity index (χ3v) is 5.41. The van der Waals surface area contributed by atoms with E-state index in [1.54, 1.807) is 18.3 Å². The van der Waals surface area contributed by atoms with E-state index in [-0.39, 0.29) is 5.91 Å². The number of thiazole rings is 1. The second kappa shape index (κ2) is 6.57. The van der Waals surface area contributed by atoms with Crippen molar-refractivity contribution in [3.8, 4) is 17.0 Å². The van der Waals surface area contributed by atoms with Gasteiger partial charge >= 0.3 is 0 Å². The summed E-state index contributed by atoms with van der Waals surface area (Å²) >= 11 is 1.68. The summed E-state index contributed by atoms with van der Waals surface area (Å²) in [6.45, 7) is 6.41. The zero-order valence-electron chi connectivity index (χ0n) is 15.0. The van der Waals surface area contributed by atoms with Crippen molar-refractivity contribution in [2.75, 3.05) is 4.90 Å². The zero-order valence-corrected chi connectivity index (χ0v) is 15.8. The van der Waals surface area contributed by atoms with Crippen LogP contribution in [0.4, 0.5) is 5.69 Å². The van der Waals surface area contributed by atoms with Crippen LogP contribution in [0, 0.1) is 13.8 Å². The molecule has 1 unspecified atom stereocenters. The monoisotopic (exact) mass is 364 g/mol. The van der Waals surface area contributed by atoms with Crippen molar-refractivity contribution < 1.29 is 9.53 Å². The number of hydrogen-bond donors (Lipinski definition) is 0. The zero-order chi connectivity index (χ0) is 18.3. The first kappa shape index (κ1) is 16.8. The summed E-state index contributed by atoms with van der Waals surface area (Å²) in [5.41, 5.74) is 3.88. The van der Waals surface area contributed by atoms with Gasteiger partial charge in [0.05, 0.1) is 22.9 Å². The van der Waals surface area contributed by atoms with E-state index in [0.717, 1.165) is 33.3 Å². The summed E-state index contributed by atoms with van der Waals surface area (Å²) in [6.07, 6.45) is -0.486. The first-order valence-corrected chi connectivity index (χ1v) is 9.45. The van der Waals surface area contributed by atoms with E-state index < -0.39 is 6.10 Å². The fraction of sp³-hybridized carbons (Fsp3) is 0.238. The highest BCUT2D eigenvalue weighted by Gasteiger charge is 2.32. The number of aromatic nitrogens is 1. The molecule has 0 spiro atoms. The number of hydrogen-bond acceptors (Lipinski definition) is 4. The molecule has 1 atom stereocenters. The molecule has 5 heteroatoms. The molecule has 2 heterocycles. The van der Waals surface area contributed by atoms with Crippen molar-refractivity contribution in [2.45, 2.75) is 33.4 Å². The van der Waals surface area contributed by atoms with Crippen molar-refractivity contribution in [1.29, 1.82) is 0 Å². The van der Waals surface area contributed by atoms with Gasteiger partial charge in [-0.2, -0.15) is 0 Å². The largest absolute Gasteiger partial charge is 0.479 e. The molecule has 1 amide bonds. The van der Waals surface area contributed by atoms with Crippen LogP contribution in [0.5, 0.6) is 5.75 Å². The number of carbonyl (C=O) groups is 1. The third-order valence-electron chi connectivity index (χ3n) is 4.53. The van der Waals surface area contributed by atoms with Gasteiger partial charge < -0.3 is 9.64 Å². The van der Waals surface area contributed by atoms with Crippen LogP contribution in [0.2, 0.25) is 0 Å². The molecule has 0 N–H and O–H groups in total. The number of rotatable bonds is 3. The smallest absolute Gasteiger partial charge is 0.268 e. The Bertz CT molecular complexity index is 965. The lowest BCUT2D eigenvalue weighted by Crippen LogP contribution is -2.44. The molecular formula is C21H20N2O2S. The van der Waals surface area contributed by atoms with E-state index in [1.165, 1.54) is 4.88 Å². The number of ether oxygens (including phenoxy) is 1. The lowest BCUT2D eigenvalue weighted by molar-refractivity contribution is -0.125. The van der Waals surface area contributed by atoms with Crippen LogP contribution in [0.1, 0.15) is 22.4 Å². The quantitative estimate of drug-likeness (QED) is 0.674. The highest BCUT2D eigenvalue weighted by Crippen LogP contribution is 2.39. The predicted octanol–water partition coefficient (Wildman–Crippen LogP) is 4.74. The number of amides is 1. The predicted molar refractivity (Wildman–Crippen MR) is 105 cm³/mol. The van der Waals surface area contributed by atoms with Gasteiger partial charge in [-0.05, 0) is 44.5 Å². The van der Waals surface area contributed by atoms with Gasteiger partial charge in [0.1, 0.15) is 5.75 Å². The Labute approximate surface area is 157 Å². The molecule has 0 saturated carbocycles. The third kappa shape index (κ3) is 2.99. The van der Waals surface area contributed by atoms with Crippen molar-refractivity contribution in [1.82, 2.24) is 4.98 Å². The standard InChI is InChI=1S/C21H20N2O2S/c1-13-21(24)23(12-16-7-5-4-6-8-16)18-11-17(9-10-19(18)25-13)20-14(2)26-15(3)22-20/h4-11,13H,12H2,1-3H3. The van der Waals surface area contributed by atoms with Gasteiger partial charge in [-0.25, -0.2) is 4.98 Å². The number of carbonyl (C=O) groups excluding carboxylic acids is 1. The van der Waals surface area contributed by atoms with Crippen molar-refractivity contribution in [3.63, 3.8) is 0 Å². The minimum Gasteiger partial charge on any atom is -0.479 e. The Hall–Kier alpha value is -2.66. The normalized spacial score (nSPS) is 16.3. The summed E-state index contributed by atoms with van der Waals surface area (Å²) in [6, 6.07) is 16.0. The lowest BCUT2D eigenvalue weighted by Gasteiger charge is -2.33. The average Bonchev–Trinajstić information content (AvgIpc) is 2.98. The average molecular weight is 364 g/mol. The number of fused-ring (bicyclic) bond motifs is 1. The van der Waals surface area contributed by atoms with E-state index in [9.17, 15) is 4.79 Å². The molecule has 0 bridgehead atoms. The Kier molecular flexibility index (Phi) is 4.24. The second-order valence-electron chi connectivity index (χ2n) is 6.49. The Balaban J connectivity index is 1.78. The van der Waals surface area contributed by atoms with E-state index in [4.69, 9.17) is 4.74 Å². The maximum absolute atomic E-state index is 12.8. The highest BCUT2D eigenvalue weighted by atomic mass is 32.1. The molecule has 0 aliphatic carbocycles. The Morgan fingerprint density at radius 3 is 2.62 bits per heavy atom. The van der Waals surface area contributed by atoms with Gasteiger partial charge in [0.15, 0.2) is 6.10 Å².